The molecule has 0 aliphatic carbocycles. The lowest BCUT2D eigenvalue weighted by Gasteiger charge is -2.12. The molecule has 22 heavy (non-hydrogen) atoms. The van der Waals surface area contributed by atoms with Crippen LogP contribution >= 0.6 is 0 Å². The van der Waals surface area contributed by atoms with E-state index in [1.54, 1.807) is 13.3 Å². The van der Waals surface area contributed by atoms with E-state index < -0.39 is 0 Å². The molecule has 1 heterocycles. The summed E-state index contributed by atoms with van der Waals surface area (Å²) in [7, 11) is 1.64. The molecule has 2 rings (SSSR count). The number of hydrogen-bond donors (Lipinski definition) is 2. The molecule has 0 aliphatic rings. The molecule has 116 valence electrons. The van der Waals surface area contributed by atoms with Crippen molar-refractivity contribution in [3.05, 3.63) is 53.7 Å². The summed E-state index contributed by atoms with van der Waals surface area (Å²) in [5.74, 6) is 1.57. The van der Waals surface area contributed by atoms with E-state index in [-0.39, 0.29) is 0 Å². The smallest absolute Gasteiger partial charge is 0.135 e. The number of nitrogens with one attached hydrogen (secondary N) is 2. The van der Waals surface area contributed by atoms with Crippen LogP contribution in [0, 0.1) is 5.41 Å². The number of methoxy groups -OCH3 is 1. The molecular formula is C18H23N3O. The summed E-state index contributed by atoms with van der Waals surface area (Å²) in [6.07, 6.45) is 5.26. The summed E-state index contributed by atoms with van der Waals surface area (Å²) < 4.78 is 5.16. The molecule has 0 fully saturated rings. The predicted octanol–water partition coefficient (Wildman–Crippen LogP) is 4.11. The van der Waals surface area contributed by atoms with Crippen molar-refractivity contribution < 1.29 is 4.74 Å². The van der Waals surface area contributed by atoms with Crippen molar-refractivity contribution in [2.24, 2.45) is 0 Å². The number of ether oxygens (including phenoxy) is 1. The van der Waals surface area contributed by atoms with Gasteiger partial charge in [-0.15, -0.1) is 0 Å². The standard InChI is InChI=1S/C18H23N3O/c1-3-4-5-12-20-18-16(7-6-13-21-18)17(19)14-8-10-15(22-2)11-9-14/h6-11,13,19H,3-5,12H2,1-2H3,(H,20,21). The van der Waals surface area contributed by atoms with Crippen LogP contribution in [0.15, 0.2) is 42.6 Å². The molecule has 0 saturated heterocycles. The van der Waals surface area contributed by atoms with Gasteiger partial charge in [0, 0.05) is 23.9 Å². The number of benzene rings is 1. The lowest BCUT2D eigenvalue weighted by molar-refractivity contribution is 0.415. The van der Waals surface area contributed by atoms with Gasteiger partial charge in [-0.3, -0.25) is 5.41 Å². The second-order valence-electron chi connectivity index (χ2n) is 5.14. The van der Waals surface area contributed by atoms with E-state index in [1.807, 2.05) is 36.4 Å². The summed E-state index contributed by atoms with van der Waals surface area (Å²) in [6.45, 7) is 3.07. The molecule has 0 aliphatic heterocycles. The lowest BCUT2D eigenvalue weighted by Crippen LogP contribution is -2.10. The molecule has 0 unspecified atom stereocenters. The van der Waals surface area contributed by atoms with Crippen LogP contribution in [0.5, 0.6) is 5.75 Å². The maximum absolute atomic E-state index is 8.43. The van der Waals surface area contributed by atoms with Crippen LogP contribution in [-0.2, 0) is 0 Å². The number of hydrogen-bond acceptors (Lipinski definition) is 4. The third-order valence-electron chi connectivity index (χ3n) is 3.53. The highest BCUT2D eigenvalue weighted by atomic mass is 16.5. The SMILES string of the molecule is CCCCCNc1ncccc1C(=N)c1ccc(OC)cc1. The average Bonchev–Trinajstić information content (AvgIpc) is 2.58. The second kappa shape index (κ2) is 8.17. The number of nitrogens with zero attached hydrogens (tertiary/aromatic N) is 1. The largest absolute Gasteiger partial charge is 0.497 e. The summed E-state index contributed by atoms with van der Waals surface area (Å²) in [6, 6.07) is 11.3. The molecule has 0 spiro atoms. The van der Waals surface area contributed by atoms with Gasteiger partial charge in [-0.05, 0) is 42.8 Å². The molecule has 1 aromatic heterocycles. The second-order valence-corrected chi connectivity index (χ2v) is 5.14. The van der Waals surface area contributed by atoms with Crippen LogP contribution in [0.25, 0.3) is 0 Å². The van der Waals surface area contributed by atoms with Crippen molar-refractivity contribution in [1.82, 2.24) is 4.98 Å². The number of anilines is 1. The minimum absolute atomic E-state index is 0.466. The lowest BCUT2D eigenvalue weighted by atomic mass is 10.0. The van der Waals surface area contributed by atoms with Crippen LogP contribution in [0.2, 0.25) is 0 Å². The Kier molecular flexibility index (Phi) is 5.95. The van der Waals surface area contributed by atoms with Gasteiger partial charge in [0.15, 0.2) is 0 Å². The van der Waals surface area contributed by atoms with Crippen LogP contribution < -0.4 is 10.1 Å². The Bertz CT molecular complexity index is 608. The van der Waals surface area contributed by atoms with Gasteiger partial charge >= 0.3 is 0 Å². The highest BCUT2D eigenvalue weighted by Gasteiger charge is 2.10. The van der Waals surface area contributed by atoms with Crippen molar-refractivity contribution in [2.45, 2.75) is 26.2 Å². The molecule has 2 aromatic rings. The third kappa shape index (κ3) is 4.07. The topological polar surface area (TPSA) is 58.0 Å². The van der Waals surface area contributed by atoms with E-state index in [4.69, 9.17) is 10.1 Å². The first-order valence-corrected chi connectivity index (χ1v) is 7.68. The van der Waals surface area contributed by atoms with E-state index in [0.29, 0.717) is 5.71 Å². The Morgan fingerprint density at radius 3 is 2.64 bits per heavy atom. The van der Waals surface area contributed by atoms with Gasteiger partial charge in [0.05, 0.1) is 12.8 Å². The normalized spacial score (nSPS) is 10.3. The molecule has 1 aromatic carbocycles. The average molecular weight is 297 g/mol. The first kappa shape index (κ1) is 16.0. The van der Waals surface area contributed by atoms with Gasteiger partial charge in [-0.1, -0.05) is 19.8 Å². The minimum Gasteiger partial charge on any atom is -0.497 e. The van der Waals surface area contributed by atoms with Gasteiger partial charge in [0.25, 0.3) is 0 Å². The quantitative estimate of drug-likeness (QED) is 0.569. The maximum Gasteiger partial charge on any atom is 0.135 e. The first-order chi connectivity index (χ1) is 10.8. The minimum atomic E-state index is 0.466. The zero-order valence-corrected chi connectivity index (χ0v) is 13.2. The van der Waals surface area contributed by atoms with E-state index >= 15 is 0 Å². The van der Waals surface area contributed by atoms with Gasteiger partial charge < -0.3 is 10.1 Å². The zero-order valence-electron chi connectivity index (χ0n) is 13.2. The summed E-state index contributed by atoms with van der Waals surface area (Å²) in [5.41, 5.74) is 2.14. The Balaban J connectivity index is 2.14. The van der Waals surface area contributed by atoms with Crippen molar-refractivity contribution in [2.75, 3.05) is 19.0 Å². The van der Waals surface area contributed by atoms with Crippen molar-refractivity contribution in [1.29, 1.82) is 5.41 Å². The fourth-order valence-electron chi connectivity index (χ4n) is 2.24. The Morgan fingerprint density at radius 2 is 1.95 bits per heavy atom. The number of unbranched alkanes of at least 4 members (excludes halogenated alkanes) is 2. The van der Waals surface area contributed by atoms with Crippen molar-refractivity contribution in [3.63, 3.8) is 0 Å². The molecule has 2 N–H and O–H groups in total. The fraction of sp³-hybridized carbons (Fsp3) is 0.333. The van der Waals surface area contributed by atoms with E-state index in [9.17, 15) is 0 Å². The maximum atomic E-state index is 8.43. The molecular weight excluding hydrogens is 274 g/mol. The van der Waals surface area contributed by atoms with Crippen LogP contribution in [-0.4, -0.2) is 24.4 Å². The van der Waals surface area contributed by atoms with Gasteiger partial charge in [0.2, 0.25) is 0 Å². The Morgan fingerprint density at radius 1 is 1.18 bits per heavy atom. The van der Waals surface area contributed by atoms with Crippen molar-refractivity contribution >= 4 is 11.5 Å². The summed E-state index contributed by atoms with van der Waals surface area (Å²) in [4.78, 5) is 4.38. The third-order valence-corrected chi connectivity index (χ3v) is 3.53. The van der Waals surface area contributed by atoms with E-state index in [2.05, 4.69) is 17.2 Å². The highest BCUT2D eigenvalue weighted by molar-refractivity contribution is 6.13. The van der Waals surface area contributed by atoms with Gasteiger partial charge in [-0.2, -0.15) is 0 Å². The Hall–Kier alpha value is -2.36. The van der Waals surface area contributed by atoms with Crippen LogP contribution in [0.4, 0.5) is 5.82 Å². The molecule has 4 heteroatoms. The molecule has 4 nitrogen and oxygen atoms in total. The van der Waals surface area contributed by atoms with Crippen LogP contribution in [0.3, 0.4) is 0 Å². The van der Waals surface area contributed by atoms with Crippen molar-refractivity contribution in [3.8, 4) is 5.75 Å². The molecule has 0 bridgehead atoms. The monoisotopic (exact) mass is 297 g/mol. The molecule has 0 atom stereocenters. The fourth-order valence-corrected chi connectivity index (χ4v) is 2.24. The first-order valence-electron chi connectivity index (χ1n) is 7.68. The van der Waals surface area contributed by atoms with E-state index in [0.717, 1.165) is 35.7 Å². The molecule has 0 amide bonds. The summed E-state index contributed by atoms with van der Waals surface area (Å²) in [5, 5.41) is 11.8. The van der Waals surface area contributed by atoms with Gasteiger partial charge in [-0.25, -0.2) is 4.98 Å². The van der Waals surface area contributed by atoms with Gasteiger partial charge in [0.1, 0.15) is 11.6 Å². The highest BCUT2D eigenvalue weighted by Crippen LogP contribution is 2.19. The number of pyridine rings is 1. The number of rotatable bonds is 8. The number of aromatic nitrogens is 1. The van der Waals surface area contributed by atoms with E-state index in [1.165, 1.54) is 12.8 Å². The molecule has 0 radical (unpaired) electrons. The molecule has 0 saturated carbocycles. The zero-order chi connectivity index (χ0) is 15.8. The van der Waals surface area contributed by atoms with Crippen LogP contribution in [0.1, 0.15) is 37.3 Å². The summed E-state index contributed by atoms with van der Waals surface area (Å²) >= 11 is 0. The Labute approximate surface area is 132 Å². The predicted molar refractivity (Wildman–Crippen MR) is 91.2 cm³/mol.